The summed E-state index contributed by atoms with van der Waals surface area (Å²) in [5.74, 6) is 2.33. The van der Waals surface area contributed by atoms with Crippen molar-refractivity contribution in [3.05, 3.63) is 35.7 Å². The van der Waals surface area contributed by atoms with Crippen LogP contribution < -0.4 is 5.73 Å². The minimum absolute atomic E-state index is 0.383. The van der Waals surface area contributed by atoms with Crippen molar-refractivity contribution in [2.75, 3.05) is 0 Å². The maximum Gasteiger partial charge on any atom is 0.164 e. The summed E-state index contributed by atoms with van der Waals surface area (Å²) in [5, 5.41) is 4.30. The first kappa shape index (κ1) is 13.3. The highest BCUT2D eigenvalue weighted by molar-refractivity contribution is 5.55. The molecule has 1 aromatic heterocycles. The van der Waals surface area contributed by atoms with Gasteiger partial charge in [-0.15, -0.1) is 0 Å². The number of aryl methyl sites for hydroxylation is 1. The number of aromatic nitrogens is 3. The van der Waals surface area contributed by atoms with E-state index in [0.717, 1.165) is 17.3 Å². The van der Waals surface area contributed by atoms with Crippen LogP contribution in [0.4, 0.5) is 0 Å². The zero-order chi connectivity index (χ0) is 13.9. The first-order valence-electron chi connectivity index (χ1n) is 7.48. The minimum Gasteiger partial charge on any atom is -0.324 e. The Balaban J connectivity index is 1.83. The lowest BCUT2D eigenvalue weighted by molar-refractivity contribution is 0.443. The van der Waals surface area contributed by atoms with Crippen molar-refractivity contribution in [2.24, 2.45) is 12.8 Å². The average molecular weight is 270 g/mol. The predicted octanol–water partition coefficient (Wildman–Crippen LogP) is 2.99. The van der Waals surface area contributed by atoms with Crippen LogP contribution in [0.15, 0.2) is 24.3 Å². The number of hydrogen-bond donors (Lipinski definition) is 1. The molecule has 2 aromatic rings. The second-order valence-electron chi connectivity index (χ2n) is 5.64. The summed E-state index contributed by atoms with van der Waals surface area (Å²) in [7, 11) is 1.91. The molecule has 0 unspecified atom stereocenters. The molecule has 0 atom stereocenters. The highest BCUT2D eigenvalue weighted by atomic mass is 15.3. The first-order valence-corrected chi connectivity index (χ1v) is 7.48. The Labute approximate surface area is 120 Å². The van der Waals surface area contributed by atoms with E-state index in [4.69, 9.17) is 5.73 Å². The molecule has 1 saturated carbocycles. The van der Waals surface area contributed by atoms with Gasteiger partial charge in [0.2, 0.25) is 0 Å². The smallest absolute Gasteiger partial charge is 0.164 e. The topological polar surface area (TPSA) is 56.7 Å². The van der Waals surface area contributed by atoms with Crippen LogP contribution in [0, 0.1) is 0 Å². The molecule has 106 valence electrons. The van der Waals surface area contributed by atoms with Crippen molar-refractivity contribution in [1.82, 2.24) is 14.8 Å². The highest BCUT2D eigenvalue weighted by Crippen LogP contribution is 2.33. The van der Waals surface area contributed by atoms with Crippen LogP contribution in [-0.2, 0) is 13.6 Å². The Hall–Kier alpha value is -1.68. The molecule has 0 radical (unpaired) electrons. The molecule has 4 heteroatoms. The number of nitrogens with zero attached hydrogens (tertiary/aromatic N) is 3. The lowest BCUT2D eigenvalue weighted by atomic mass is 9.84. The van der Waals surface area contributed by atoms with E-state index < -0.39 is 0 Å². The van der Waals surface area contributed by atoms with Crippen molar-refractivity contribution in [3.63, 3.8) is 0 Å². The van der Waals surface area contributed by atoms with Crippen molar-refractivity contribution in [1.29, 1.82) is 0 Å². The van der Waals surface area contributed by atoms with E-state index in [2.05, 4.69) is 34.3 Å². The van der Waals surface area contributed by atoms with Crippen LogP contribution in [0.1, 0.15) is 49.4 Å². The summed E-state index contributed by atoms with van der Waals surface area (Å²) in [6.07, 6.45) is 6.81. The van der Waals surface area contributed by atoms with Gasteiger partial charge in [-0.1, -0.05) is 43.5 Å². The molecule has 3 rings (SSSR count). The molecule has 4 nitrogen and oxygen atoms in total. The van der Waals surface area contributed by atoms with E-state index >= 15 is 0 Å². The fourth-order valence-corrected chi connectivity index (χ4v) is 3.12. The molecule has 2 N–H and O–H groups in total. The Morgan fingerprint density at radius 2 is 1.85 bits per heavy atom. The lowest BCUT2D eigenvalue weighted by Gasteiger charge is -2.22. The number of nitrogens with two attached hydrogens (primary N) is 1. The second kappa shape index (κ2) is 5.75. The molecule has 0 saturated heterocycles. The molecule has 0 spiro atoms. The molecule has 1 aliphatic carbocycles. The SMILES string of the molecule is Cn1nc(CN)nc1-c1ccc(C2CCCCC2)cc1. The first-order chi connectivity index (χ1) is 9.78. The van der Waals surface area contributed by atoms with Crippen molar-refractivity contribution >= 4 is 0 Å². The standard InChI is InChI=1S/C16H22N4/c1-20-16(18-15(11-17)19-20)14-9-7-13(8-10-14)12-5-3-2-4-6-12/h7-10,12H,2-6,11,17H2,1H3. The molecule has 1 fully saturated rings. The summed E-state index contributed by atoms with van der Waals surface area (Å²) in [6, 6.07) is 8.83. The number of rotatable bonds is 3. The molecule has 1 aromatic carbocycles. The van der Waals surface area contributed by atoms with Gasteiger partial charge in [0.1, 0.15) is 0 Å². The molecule has 0 bridgehead atoms. The highest BCUT2D eigenvalue weighted by Gasteiger charge is 2.16. The summed E-state index contributed by atoms with van der Waals surface area (Å²) in [5.41, 5.74) is 8.17. The number of benzene rings is 1. The minimum atomic E-state index is 0.383. The van der Waals surface area contributed by atoms with Gasteiger partial charge in [-0.05, 0) is 24.3 Å². The summed E-state index contributed by atoms with van der Waals surface area (Å²) < 4.78 is 1.80. The third kappa shape index (κ3) is 2.61. The monoisotopic (exact) mass is 270 g/mol. The van der Waals surface area contributed by atoms with Gasteiger partial charge in [-0.25, -0.2) is 9.67 Å². The van der Waals surface area contributed by atoms with Gasteiger partial charge in [0.25, 0.3) is 0 Å². The number of hydrogen-bond acceptors (Lipinski definition) is 3. The predicted molar refractivity (Wildman–Crippen MR) is 80.2 cm³/mol. The zero-order valence-electron chi connectivity index (χ0n) is 12.0. The van der Waals surface area contributed by atoms with Crippen LogP contribution in [0.3, 0.4) is 0 Å². The van der Waals surface area contributed by atoms with E-state index in [1.165, 1.54) is 37.7 Å². The van der Waals surface area contributed by atoms with E-state index in [0.29, 0.717) is 12.4 Å². The molecular formula is C16H22N4. The van der Waals surface area contributed by atoms with Crippen LogP contribution >= 0.6 is 0 Å². The normalized spacial score (nSPS) is 16.5. The van der Waals surface area contributed by atoms with Crippen LogP contribution in [-0.4, -0.2) is 14.8 Å². The summed E-state index contributed by atoms with van der Waals surface area (Å²) >= 11 is 0. The van der Waals surface area contributed by atoms with Crippen molar-refractivity contribution in [2.45, 2.75) is 44.6 Å². The van der Waals surface area contributed by atoms with Gasteiger partial charge < -0.3 is 5.73 Å². The molecule has 1 heterocycles. The molecule has 1 aliphatic rings. The van der Waals surface area contributed by atoms with Gasteiger partial charge in [0.15, 0.2) is 11.6 Å². The Bertz CT molecular complexity index is 565. The van der Waals surface area contributed by atoms with Gasteiger partial charge in [-0.3, -0.25) is 0 Å². The molecule has 0 aliphatic heterocycles. The fraction of sp³-hybridized carbons (Fsp3) is 0.500. The van der Waals surface area contributed by atoms with E-state index in [9.17, 15) is 0 Å². The third-order valence-electron chi connectivity index (χ3n) is 4.23. The Kier molecular flexibility index (Phi) is 3.83. The maximum atomic E-state index is 5.59. The van der Waals surface area contributed by atoms with Crippen LogP contribution in [0.5, 0.6) is 0 Å². The van der Waals surface area contributed by atoms with Crippen LogP contribution in [0.2, 0.25) is 0 Å². The van der Waals surface area contributed by atoms with Gasteiger partial charge >= 0.3 is 0 Å². The lowest BCUT2D eigenvalue weighted by Crippen LogP contribution is -2.04. The van der Waals surface area contributed by atoms with Crippen LogP contribution in [0.25, 0.3) is 11.4 Å². The van der Waals surface area contributed by atoms with E-state index in [-0.39, 0.29) is 0 Å². The third-order valence-corrected chi connectivity index (χ3v) is 4.23. The molecule has 20 heavy (non-hydrogen) atoms. The van der Waals surface area contributed by atoms with Gasteiger partial charge in [0.05, 0.1) is 6.54 Å². The molecular weight excluding hydrogens is 248 g/mol. The quantitative estimate of drug-likeness (QED) is 0.932. The largest absolute Gasteiger partial charge is 0.324 e. The van der Waals surface area contributed by atoms with Gasteiger partial charge in [0, 0.05) is 12.6 Å². The second-order valence-corrected chi connectivity index (χ2v) is 5.64. The average Bonchev–Trinajstić information content (AvgIpc) is 2.89. The van der Waals surface area contributed by atoms with Crippen molar-refractivity contribution < 1.29 is 0 Å². The van der Waals surface area contributed by atoms with Crippen molar-refractivity contribution in [3.8, 4) is 11.4 Å². The Morgan fingerprint density at radius 3 is 2.45 bits per heavy atom. The fourth-order valence-electron chi connectivity index (χ4n) is 3.12. The summed E-state index contributed by atoms with van der Waals surface area (Å²) in [6.45, 7) is 0.383. The van der Waals surface area contributed by atoms with E-state index in [1.54, 1.807) is 4.68 Å². The summed E-state index contributed by atoms with van der Waals surface area (Å²) in [4.78, 5) is 4.47. The zero-order valence-corrected chi connectivity index (χ0v) is 12.0. The Morgan fingerprint density at radius 1 is 1.15 bits per heavy atom. The maximum absolute atomic E-state index is 5.59. The van der Waals surface area contributed by atoms with E-state index in [1.807, 2.05) is 7.05 Å². The van der Waals surface area contributed by atoms with Gasteiger partial charge in [-0.2, -0.15) is 5.10 Å². The molecule has 0 amide bonds.